The van der Waals surface area contributed by atoms with Crippen molar-refractivity contribution in [1.29, 1.82) is 0 Å². The Morgan fingerprint density at radius 1 is 1.10 bits per heavy atom. The highest BCUT2D eigenvalue weighted by atomic mass is 16.5. The zero-order valence-corrected chi connectivity index (χ0v) is 12.2. The second-order valence-electron chi connectivity index (χ2n) is 5.27. The van der Waals surface area contributed by atoms with Gasteiger partial charge in [0.15, 0.2) is 0 Å². The number of anilines is 1. The van der Waals surface area contributed by atoms with E-state index in [9.17, 15) is 5.11 Å². The maximum absolute atomic E-state index is 10.6. The van der Waals surface area contributed by atoms with Crippen molar-refractivity contribution >= 4 is 5.95 Å². The van der Waals surface area contributed by atoms with Crippen LogP contribution in [0.2, 0.25) is 0 Å². The van der Waals surface area contributed by atoms with Crippen LogP contribution in [0.5, 0.6) is 11.8 Å². The van der Waals surface area contributed by atoms with E-state index >= 15 is 0 Å². The molecule has 1 aliphatic carbocycles. The molecule has 1 aromatic heterocycles. The first-order valence-electron chi connectivity index (χ1n) is 7.08. The maximum Gasteiger partial charge on any atom is 0.229 e. The van der Waals surface area contributed by atoms with E-state index in [4.69, 9.17) is 9.47 Å². The van der Waals surface area contributed by atoms with Crippen LogP contribution in [0, 0.1) is 0 Å². The third-order valence-corrected chi connectivity index (χ3v) is 3.71. The summed E-state index contributed by atoms with van der Waals surface area (Å²) in [5, 5.41) is 13.7. The van der Waals surface area contributed by atoms with Gasteiger partial charge in [0, 0.05) is 6.54 Å². The van der Waals surface area contributed by atoms with Crippen molar-refractivity contribution in [3.8, 4) is 11.8 Å². The van der Waals surface area contributed by atoms with Crippen molar-refractivity contribution in [1.82, 2.24) is 9.97 Å². The molecule has 0 unspecified atom stereocenters. The molecule has 0 radical (unpaired) electrons. The number of nitrogens with one attached hydrogen (secondary N) is 1. The topological polar surface area (TPSA) is 76.5 Å². The Balaban J connectivity index is 2.02. The van der Waals surface area contributed by atoms with E-state index in [2.05, 4.69) is 15.3 Å². The van der Waals surface area contributed by atoms with Crippen LogP contribution in [-0.4, -0.2) is 41.4 Å². The number of rotatable bonds is 5. The molecule has 0 aromatic carbocycles. The summed E-state index contributed by atoms with van der Waals surface area (Å²) in [7, 11) is 3.09. The Labute approximate surface area is 119 Å². The molecule has 1 heterocycles. The molecule has 1 aromatic rings. The van der Waals surface area contributed by atoms with E-state index in [-0.39, 0.29) is 0 Å². The van der Waals surface area contributed by atoms with E-state index in [1.54, 1.807) is 20.3 Å². The second-order valence-corrected chi connectivity index (χ2v) is 5.27. The first-order valence-corrected chi connectivity index (χ1v) is 7.08. The lowest BCUT2D eigenvalue weighted by Crippen LogP contribution is -2.36. The molecule has 6 nitrogen and oxygen atoms in total. The van der Waals surface area contributed by atoms with E-state index < -0.39 is 5.60 Å². The van der Waals surface area contributed by atoms with Crippen molar-refractivity contribution in [3.63, 3.8) is 0 Å². The minimum Gasteiger partial charge on any atom is -0.481 e. The predicted octanol–water partition coefficient (Wildman–Crippen LogP) is 1.99. The van der Waals surface area contributed by atoms with Gasteiger partial charge in [-0.1, -0.05) is 25.7 Å². The monoisotopic (exact) mass is 281 g/mol. The summed E-state index contributed by atoms with van der Waals surface area (Å²) in [4.78, 5) is 8.41. The maximum atomic E-state index is 10.6. The fourth-order valence-electron chi connectivity index (χ4n) is 2.50. The quantitative estimate of drug-likeness (QED) is 0.804. The van der Waals surface area contributed by atoms with Gasteiger partial charge in [-0.2, -0.15) is 9.97 Å². The van der Waals surface area contributed by atoms with Gasteiger partial charge in [-0.15, -0.1) is 0 Å². The zero-order chi connectivity index (χ0) is 14.4. The van der Waals surface area contributed by atoms with Crippen molar-refractivity contribution in [2.24, 2.45) is 0 Å². The van der Waals surface area contributed by atoms with Crippen LogP contribution in [0.25, 0.3) is 0 Å². The Morgan fingerprint density at radius 2 is 1.65 bits per heavy atom. The highest BCUT2D eigenvalue weighted by Crippen LogP contribution is 2.27. The van der Waals surface area contributed by atoms with Crippen LogP contribution in [0.3, 0.4) is 0 Å². The van der Waals surface area contributed by atoms with Gasteiger partial charge >= 0.3 is 0 Å². The largest absolute Gasteiger partial charge is 0.481 e. The molecule has 6 heteroatoms. The van der Waals surface area contributed by atoms with Crippen LogP contribution in [0.4, 0.5) is 5.95 Å². The van der Waals surface area contributed by atoms with Gasteiger partial charge in [0.2, 0.25) is 17.7 Å². The SMILES string of the molecule is COc1cc(OC)nc(NCC2(O)CCCCCC2)n1. The van der Waals surface area contributed by atoms with Gasteiger partial charge in [0.1, 0.15) is 0 Å². The average molecular weight is 281 g/mol. The van der Waals surface area contributed by atoms with Crippen LogP contribution in [-0.2, 0) is 0 Å². The molecule has 2 rings (SSSR count). The highest BCUT2D eigenvalue weighted by Gasteiger charge is 2.28. The standard InChI is InChI=1S/C14H23N3O3/c1-19-11-9-12(20-2)17-13(16-11)15-10-14(18)7-5-3-4-6-8-14/h9,18H,3-8,10H2,1-2H3,(H,15,16,17). The molecule has 0 saturated heterocycles. The summed E-state index contributed by atoms with van der Waals surface area (Å²) < 4.78 is 10.2. The number of hydrogen-bond acceptors (Lipinski definition) is 6. The Bertz CT molecular complexity index is 409. The lowest BCUT2D eigenvalue weighted by molar-refractivity contribution is 0.0379. The first-order chi connectivity index (χ1) is 9.65. The summed E-state index contributed by atoms with van der Waals surface area (Å²) in [5.41, 5.74) is -0.670. The fraction of sp³-hybridized carbons (Fsp3) is 0.714. The molecule has 1 saturated carbocycles. The Hall–Kier alpha value is -1.56. The van der Waals surface area contributed by atoms with E-state index in [1.807, 2.05) is 0 Å². The molecule has 1 fully saturated rings. The molecule has 0 spiro atoms. The van der Waals surface area contributed by atoms with Crippen LogP contribution in [0.15, 0.2) is 6.07 Å². The average Bonchev–Trinajstić information content (AvgIpc) is 2.70. The predicted molar refractivity (Wildman–Crippen MR) is 76.3 cm³/mol. The molecule has 0 aliphatic heterocycles. The Morgan fingerprint density at radius 3 is 2.15 bits per heavy atom. The van der Waals surface area contributed by atoms with Gasteiger partial charge < -0.3 is 19.9 Å². The summed E-state index contributed by atoms with van der Waals surface area (Å²) in [6.45, 7) is 0.448. The van der Waals surface area contributed by atoms with Gasteiger partial charge in [-0.25, -0.2) is 0 Å². The van der Waals surface area contributed by atoms with Crippen molar-refractivity contribution in [2.75, 3.05) is 26.1 Å². The lowest BCUT2D eigenvalue weighted by atomic mass is 9.95. The van der Waals surface area contributed by atoms with Gasteiger partial charge in [-0.3, -0.25) is 0 Å². The minimum absolute atomic E-state index is 0.416. The number of aromatic nitrogens is 2. The first kappa shape index (κ1) is 14.8. The second kappa shape index (κ2) is 6.74. The number of nitrogens with zero attached hydrogens (tertiary/aromatic N) is 2. The van der Waals surface area contributed by atoms with Crippen LogP contribution >= 0.6 is 0 Å². The van der Waals surface area contributed by atoms with E-state index in [0.29, 0.717) is 24.3 Å². The van der Waals surface area contributed by atoms with Crippen molar-refractivity contribution in [2.45, 2.75) is 44.1 Å². The fourth-order valence-corrected chi connectivity index (χ4v) is 2.50. The molecular weight excluding hydrogens is 258 g/mol. The number of aliphatic hydroxyl groups is 1. The molecule has 0 amide bonds. The molecule has 1 aliphatic rings. The molecular formula is C14H23N3O3. The smallest absolute Gasteiger partial charge is 0.229 e. The van der Waals surface area contributed by atoms with Crippen molar-refractivity contribution < 1.29 is 14.6 Å². The van der Waals surface area contributed by atoms with Crippen LogP contribution in [0.1, 0.15) is 38.5 Å². The lowest BCUT2D eigenvalue weighted by Gasteiger charge is -2.26. The molecule has 112 valence electrons. The summed E-state index contributed by atoms with van der Waals surface area (Å²) >= 11 is 0. The summed E-state index contributed by atoms with van der Waals surface area (Å²) in [6, 6.07) is 1.62. The van der Waals surface area contributed by atoms with Gasteiger partial charge in [0.05, 0.1) is 25.9 Å². The molecule has 0 atom stereocenters. The van der Waals surface area contributed by atoms with Crippen molar-refractivity contribution in [3.05, 3.63) is 6.07 Å². The Kier molecular flexibility index (Phi) is 5.00. The summed E-state index contributed by atoms with van der Waals surface area (Å²) in [6.07, 6.45) is 6.18. The number of ether oxygens (including phenoxy) is 2. The zero-order valence-electron chi connectivity index (χ0n) is 12.2. The van der Waals surface area contributed by atoms with Gasteiger partial charge in [-0.05, 0) is 12.8 Å². The minimum atomic E-state index is -0.670. The number of methoxy groups -OCH3 is 2. The molecule has 20 heavy (non-hydrogen) atoms. The van der Waals surface area contributed by atoms with Crippen LogP contribution < -0.4 is 14.8 Å². The highest BCUT2D eigenvalue weighted by molar-refractivity contribution is 5.34. The van der Waals surface area contributed by atoms with Gasteiger partial charge in [0.25, 0.3) is 0 Å². The normalized spacial score (nSPS) is 18.1. The third-order valence-electron chi connectivity index (χ3n) is 3.71. The van der Waals surface area contributed by atoms with E-state index in [1.165, 1.54) is 12.8 Å². The third kappa shape index (κ3) is 3.96. The number of hydrogen-bond donors (Lipinski definition) is 2. The van der Waals surface area contributed by atoms with E-state index in [0.717, 1.165) is 25.7 Å². The molecule has 2 N–H and O–H groups in total. The molecule has 0 bridgehead atoms. The summed E-state index contributed by atoms with van der Waals surface area (Å²) in [5.74, 6) is 1.29.